The van der Waals surface area contributed by atoms with Gasteiger partial charge in [-0.3, -0.25) is 9.69 Å². The number of nitrogens with zero attached hydrogens (tertiary/aromatic N) is 4. The second kappa shape index (κ2) is 11.3. The Kier molecular flexibility index (Phi) is 7.95. The number of amides is 1. The van der Waals surface area contributed by atoms with E-state index >= 15 is 0 Å². The van der Waals surface area contributed by atoms with E-state index in [0.29, 0.717) is 31.3 Å². The number of hydrogen-bond acceptors (Lipinski definition) is 6. The highest BCUT2D eigenvalue weighted by molar-refractivity contribution is 5.76. The predicted octanol–water partition coefficient (Wildman–Crippen LogP) is 4.56. The van der Waals surface area contributed by atoms with Gasteiger partial charge in [-0.25, -0.2) is 0 Å². The summed E-state index contributed by atoms with van der Waals surface area (Å²) >= 11 is 0. The number of carbonyl (C=O) groups excluding carboxylic acids is 1. The molecule has 0 atom stereocenters. The van der Waals surface area contributed by atoms with E-state index in [1.54, 1.807) is 0 Å². The van der Waals surface area contributed by atoms with E-state index in [1.165, 1.54) is 5.56 Å². The van der Waals surface area contributed by atoms with Crippen LogP contribution in [-0.4, -0.2) is 58.6 Å². The van der Waals surface area contributed by atoms with Crippen LogP contribution in [0.3, 0.4) is 0 Å². The minimum atomic E-state index is 0.228. The fourth-order valence-corrected chi connectivity index (χ4v) is 4.18. The number of hydrogen-bond donors (Lipinski definition) is 0. The Balaban J connectivity index is 1.15. The van der Waals surface area contributed by atoms with Crippen molar-refractivity contribution < 1.29 is 14.1 Å². The van der Waals surface area contributed by atoms with Crippen LogP contribution in [0.2, 0.25) is 0 Å². The van der Waals surface area contributed by atoms with Crippen molar-refractivity contribution >= 4 is 5.91 Å². The van der Waals surface area contributed by atoms with Crippen molar-refractivity contribution in [3.63, 3.8) is 0 Å². The molecule has 180 valence electrons. The molecular formula is C27H34N4O3. The molecule has 1 aliphatic heterocycles. The summed E-state index contributed by atoms with van der Waals surface area (Å²) in [5.74, 6) is 2.41. The van der Waals surface area contributed by atoms with Crippen LogP contribution in [0.5, 0.6) is 5.75 Å². The van der Waals surface area contributed by atoms with Crippen LogP contribution >= 0.6 is 0 Å². The molecule has 34 heavy (non-hydrogen) atoms. The molecule has 1 aromatic heterocycles. The van der Waals surface area contributed by atoms with Gasteiger partial charge in [0, 0.05) is 38.2 Å². The number of piperazine rings is 1. The van der Waals surface area contributed by atoms with Crippen molar-refractivity contribution in [2.45, 2.75) is 46.6 Å². The lowest BCUT2D eigenvalue weighted by molar-refractivity contribution is -0.133. The Morgan fingerprint density at radius 1 is 1.00 bits per heavy atom. The SMILES string of the molecule is Cc1ccc(C)c(OCCCCC(=O)N2CCN(Cc3nc(-c4ccccc4C)no3)CC2)c1. The molecule has 7 heteroatoms. The Morgan fingerprint density at radius 3 is 2.59 bits per heavy atom. The number of unbranched alkanes of at least 4 members (excludes halogenated alkanes) is 1. The summed E-state index contributed by atoms with van der Waals surface area (Å²) in [5.41, 5.74) is 4.46. The van der Waals surface area contributed by atoms with Crippen molar-refractivity contribution in [3.8, 4) is 17.1 Å². The van der Waals surface area contributed by atoms with Crippen molar-refractivity contribution in [2.24, 2.45) is 0 Å². The smallest absolute Gasteiger partial charge is 0.241 e. The Labute approximate surface area is 201 Å². The fraction of sp³-hybridized carbons (Fsp3) is 0.444. The maximum absolute atomic E-state index is 12.6. The van der Waals surface area contributed by atoms with Crippen LogP contribution in [0.15, 0.2) is 47.0 Å². The van der Waals surface area contributed by atoms with Crippen molar-refractivity contribution in [3.05, 3.63) is 65.0 Å². The molecule has 7 nitrogen and oxygen atoms in total. The van der Waals surface area contributed by atoms with E-state index in [4.69, 9.17) is 9.26 Å². The number of benzene rings is 2. The van der Waals surface area contributed by atoms with Crippen molar-refractivity contribution in [1.29, 1.82) is 0 Å². The van der Waals surface area contributed by atoms with E-state index < -0.39 is 0 Å². The quantitative estimate of drug-likeness (QED) is 0.434. The van der Waals surface area contributed by atoms with Crippen LogP contribution in [-0.2, 0) is 11.3 Å². The number of aryl methyl sites for hydroxylation is 3. The van der Waals surface area contributed by atoms with Crippen LogP contribution < -0.4 is 4.74 Å². The first kappa shape index (κ1) is 24.0. The van der Waals surface area contributed by atoms with Gasteiger partial charge in [0.25, 0.3) is 0 Å². The first-order valence-corrected chi connectivity index (χ1v) is 12.1. The zero-order chi connectivity index (χ0) is 23.9. The summed E-state index contributed by atoms with van der Waals surface area (Å²) in [6.07, 6.45) is 2.28. The van der Waals surface area contributed by atoms with Crippen LogP contribution in [0, 0.1) is 20.8 Å². The standard InChI is InChI=1S/C27H34N4O3/c1-20-11-12-22(3)24(18-20)33-17-7-6-10-26(32)31-15-13-30(14-16-31)19-25-28-27(29-34-25)23-9-5-4-8-21(23)2/h4-5,8-9,11-12,18H,6-7,10,13-17,19H2,1-3H3. The topological polar surface area (TPSA) is 71.7 Å². The average molecular weight is 463 g/mol. The van der Waals surface area contributed by atoms with Gasteiger partial charge in [0.05, 0.1) is 13.2 Å². The molecule has 2 aromatic carbocycles. The largest absolute Gasteiger partial charge is 0.493 e. The minimum absolute atomic E-state index is 0.228. The highest BCUT2D eigenvalue weighted by atomic mass is 16.5. The normalized spacial score (nSPS) is 14.4. The summed E-state index contributed by atoms with van der Waals surface area (Å²) in [7, 11) is 0. The van der Waals surface area contributed by atoms with Crippen molar-refractivity contribution in [2.75, 3.05) is 32.8 Å². The number of aromatic nitrogens is 2. The lowest BCUT2D eigenvalue weighted by atomic mass is 10.1. The summed E-state index contributed by atoms with van der Waals surface area (Å²) in [4.78, 5) is 21.4. The van der Waals surface area contributed by atoms with E-state index in [1.807, 2.05) is 36.1 Å². The zero-order valence-corrected chi connectivity index (χ0v) is 20.4. The summed E-state index contributed by atoms with van der Waals surface area (Å²) in [6.45, 7) is 10.5. The lowest BCUT2D eigenvalue weighted by Crippen LogP contribution is -2.48. The van der Waals surface area contributed by atoms with Gasteiger partial charge in [0.1, 0.15) is 5.75 Å². The van der Waals surface area contributed by atoms with Gasteiger partial charge in [0.2, 0.25) is 17.6 Å². The minimum Gasteiger partial charge on any atom is -0.493 e. The van der Waals surface area contributed by atoms with Gasteiger partial charge in [-0.1, -0.05) is 41.6 Å². The van der Waals surface area contributed by atoms with Gasteiger partial charge in [-0.15, -0.1) is 0 Å². The fourth-order valence-electron chi connectivity index (χ4n) is 4.18. The van der Waals surface area contributed by atoms with Gasteiger partial charge in [-0.05, 0) is 56.4 Å². The molecule has 0 bridgehead atoms. The molecule has 0 radical (unpaired) electrons. The molecule has 3 aromatic rings. The Hall–Kier alpha value is -3.19. The van der Waals surface area contributed by atoms with E-state index in [2.05, 4.69) is 47.1 Å². The van der Waals surface area contributed by atoms with Gasteiger partial charge < -0.3 is 14.2 Å². The third-order valence-electron chi connectivity index (χ3n) is 6.32. The summed E-state index contributed by atoms with van der Waals surface area (Å²) in [6, 6.07) is 14.3. The molecule has 0 aliphatic carbocycles. The molecule has 0 unspecified atom stereocenters. The molecule has 1 aliphatic rings. The maximum Gasteiger partial charge on any atom is 0.241 e. The van der Waals surface area contributed by atoms with E-state index in [9.17, 15) is 4.79 Å². The molecule has 0 N–H and O–H groups in total. The second-order valence-electron chi connectivity index (χ2n) is 9.06. The zero-order valence-electron chi connectivity index (χ0n) is 20.4. The monoisotopic (exact) mass is 462 g/mol. The third-order valence-corrected chi connectivity index (χ3v) is 6.32. The molecule has 4 rings (SSSR count). The molecule has 0 saturated carbocycles. The van der Waals surface area contributed by atoms with E-state index in [0.717, 1.165) is 61.5 Å². The molecular weight excluding hydrogens is 428 g/mol. The van der Waals surface area contributed by atoms with Crippen LogP contribution in [0.25, 0.3) is 11.4 Å². The predicted molar refractivity (Wildman–Crippen MR) is 132 cm³/mol. The third kappa shape index (κ3) is 6.23. The van der Waals surface area contributed by atoms with Gasteiger partial charge in [0.15, 0.2) is 0 Å². The van der Waals surface area contributed by atoms with Gasteiger partial charge in [-0.2, -0.15) is 4.98 Å². The highest BCUT2D eigenvalue weighted by Crippen LogP contribution is 2.21. The number of ether oxygens (including phenoxy) is 1. The van der Waals surface area contributed by atoms with Crippen LogP contribution in [0.1, 0.15) is 41.8 Å². The molecule has 1 saturated heterocycles. The first-order chi connectivity index (χ1) is 16.5. The second-order valence-corrected chi connectivity index (χ2v) is 9.06. The molecule has 0 spiro atoms. The first-order valence-electron chi connectivity index (χ1n) is 12.1. The molecule has 1 amide bonds. The van der Waals surface area contributed by atoms with Crippen molar-refractivity contribution in [1.82, 2.24) is 19.9 Å². The summed E-state index contributed by atoms with van der Waals surface area (Å²) < 4.78 is 11.4. The number of carbonyl (C=O) groups is 1. The summed E-state index contributed by atoms with van der Waals surface area (Å²) in [5, 5.41) is 4.15. The van der Waals surface area contributed by atoms with Crippen LogP contribution in [0.4, 0.5) is 0 Å². The van der Waals surface area contributed by atoms with E-state index in [-0.39, 0.29) is 5.91 Å². The maximum atomic E-state index is 12.6. The van der Waals surface area contributed by atoms with Gasteiger partial charge >= 0.3 is 0 Å². The molecule has 1 fully saturated rings. The Bertz CT molecular complexity index is 1100. The molecule has 2 heterocycles. The Morgan fingerprint density at radius 2 is 1.79 bits per heavy atom. The average Bonchev–Trinajstić information content (AvgIpc) is 3.29. The number of rotatable bonds is 9. The highest BCUT2D eigenvalue weighted by Gasteiger charge is 2.22. The lowest BCUT2D eigenvalue weighted by Gasteiger charge is -2.34.